The van der Waals surface area contributed by atoms with E-state index in [4.69, 9.17) is 4.74 Å². The number of anilines is 1. The molecule has 0 fully saturated rings. The zero-order valence-corrected chi connectivity index (χ0v) is 15.1. The van der Waals surface area contributed by atoms with Crippen molar-refractivity contribution >= 4 is 11.9 Å². The SMILES string of the molecule is CCC(Oc1cccc(C)c1)C(=O)Nc1nc(C)n(-c2ccccc2)n1. The molecule has 0 saturated heterocycles. The van der Waals surface area contributed by atoms with Crippen LogP contribution in [0, 0.1) is 13.8 Å². The normalized spacial score (nSPS) is 11.8. The van der Waals surface area contributed by atoms with Gasteiger partial charge in [-0.1, -0.05) is 37.3 Å². The summed E-state index contributed by atoms with van der Waals surface area (Å²) in [5.74, 6) is 1.37. The van der Waals surface area contributed by atoms with E-state index in [0.717, 1.165) is 11.3 Å². The van der Waals surface area contributed by atoms with Gasteiger partial charge in [0.25, 0.3) is 5.91 Å². The third kappa shape index (κ3) is 4.08. The molecule has 0 saturated carbocycles. The summed E-state index contributed by atoms with van der Waals surface area (Å²) >= 11 is 0. The number of rotatable bonds is 6. The Labute approximate surface area is 152 Å². The fourth-order valence-electron chi connectivity index (χ4n) is 2.62. The zero-order chi connectivity index (χ0) is 18.5. The molecule has 1 N–H and O–H groups in total. The Bertz CT molecular complexity index is 890. The highest BCUT2D eigenvalue weighted by Gasteiger charge is 2.20. The van der Waals surface area contributed by atoms with Gasteiger partial charge in [0.2, 0.25) is 5.95 Å². The van der Waals surface area contributed by atoms with Gasteiger partial charge in [-0.05, 0) is 50.1 Å². The number of aromatic nitrogens is 3. The molecule has 1 unspecified atom stereocenters. The average Bonchev–Trinajstić information content (AvgIpc) is 3.00. The molecule has 0 spiro atoms. The van der Waals surface area contributed by atoms with Crippen molar-refractivity contribution < 1.29 is 9.53 Å². The van der Waals surface area contributed by atoms with E-state index >= 15 is 0 Å². The van der Waals surface area contributed by atoms with Crippen molar-refractivity contribution in [3.05, 3.63) is 66.0 Å². The average molecular weight is 350 g/mol. The van der Waals surface area contributed by atoms with Crippen molar-refractivity contribution in [3.63, 3.8) is 0 Å². The summed E-state index contributed by atoms with van der Waals surface area (Å²) in [5.41, 5.74) is 1.97. The second-order valence-electron chi connectivity index (χ2n) is 6.05. The Hall–Kier alpha value is -3.15. The van der Waals surface area contributed by atoms with E-state index in [1.54, 1.807) is 4.68 Å². The highest BCUT2D eigenvalue weighted by molar-refractivity contribution is 5.92. The quantitative estimate of drug-likeness (QED) is 0.736. The molecule has 2 aromatic carbocycles. The van der Waals surface area contributed by atoms with E-state index in [-0.39, 0.29) is 11.9 Å². The van der Waals surface area contributed by atoms with Crippen molar-refractivity contribution in [2.24, 2.45) is 0 Å². The predicted molar refractivity (Wildman–Crippen MR) is 101 cm³/mol. The van der Waals surface area contributed by atoms with Crippen molar-refractivity contribution in [2.75, 3.05) is 5.32 Å². The van der Waals surface area contributed by atoms with Crippen LogP contribution in [0.1, 0.15) is 24.7 Å². The Balaban J connectivity index is 1.72. The number of ether oxygens (including phenoxy) is 1. The van der Waals surface area contributed by atoms with Gasteiger partial charge >= 0.3 is 0 Å². The van der Waals surface area contributed by atoms with Crippen molar-refractivity contribution in [1.82, 2.24) is 14.8 Å². The van der Waals surface area contributed by atoms with E-state index in [2.05, 4.69) is 15.4 Å². The van der Waals surface area contributed by atoms with Gasteiger partial charge in [-0.25, -0.2) is 4.68 Å². The number of para-hydroxylation sites is 1. The molecule has 0 aliphatic heterocycles. The van der Waals surface area contributed by atoms with Crippen molar-refractivity contribution in [1.29, 1.82) is 0 Å². The largest absolute Gasteiger partial charge is 0.481 e. The second-order valence-corrected chi connectivity index (χ2v) is 6.05. The van der Waals surface area contributed by atoms with Gasteiger partial charge in [-0.2, -0.15) is 4.98 Å². The molecule has 6 nitrogen and oxygen atoms in total. The molecule has 1 aromatic heterocycles. The third-order valence-electron chi connectivity index (χ3n) is 3.94. The first kappa shape index (κ1) is 17.7. The summed E-state index contributed by atoms with van der Waals surface area (Å²) < 4.78 is 7.52. The van der Waals surface area contributed by atoms with Crippen LogP contribution < -0.4 is 10.1 Å². The van der Waals surface area contributed by atoms with Crippen LogP contribution in [-0.4, -0.2) is 26.8 Å². The van der Waals surface area contributed by atoms with Crippen LogP contribution in [0.15, 0.2) is 54.6 Å². The van der Waals surface area contributed by atoms with E-state index in [0.29, 0.717) is 18.0 Å². The third-order valence-corrected chi connectivity index (χ3v) is 3.94. The number of aryl methyl sites for hydroxylation is 2. The van der Waals surface area contributed by atoms with Gasteiger partial charge < -0.3 is 4.74 Å². The first-order valence-electron chi connectivity index (χ1n) is 8.60. The standard InChI is InChI=1S/C20H22N4O2/c1-4-18(26-17-12-8-9-14(2)13-17)19(25)22-20-21-15(3)24(23-20)16-10-6-5-7-11-16/h5-13,18H,4H2,1-3H3,(H,22,23,25). The Morgan fingerprint density at radius 1 is 1.15 bits per heavy atom. The minimum atomic E-state index is -0.610. The molecular weight excluding hydrogens is 328 g/mol. The smallest absolute Gasteiger partial charge is 0.267 e. The lowest BCUT2D eigenvalue weighted by atomic mass is 10.2. The summed E-state index contributed by atoms with van der Waals surface area (Å²) in [5, 5.41) is 7.13. The first-order valence-corrected chi connectivity index (χ1v) is 8.60. The molecule has 6 heteroatoms. The molecule has 0 aliphatic rings. The van der Waals surface area contributed by atoms with Crippen LogP contribution >= 0.6 is 0 Å². The maximum atomic E-state index is 12.6. The lowest BCUT2D eigenvalue weighted by molar-refractivity contribution is -0.122. The molecule has 0 aliphatic carbocycles. The summed E-state index contributed by atoms with van der Waals surface area (Å²) in [4.78, 5) is 16.9. The Kier molecular flexibility index (Phi) is 5.31. The van der Waals surface area contributed by atoms with Gasteiger partial charge in [0.1, 0.15) is 11.6 Å². The van der Waals surface area contributed by atoms with Gasteiger partial charge in [0, 0.05) is 0 Å². The molecule has 3 rings (SSSR count). The summed E-state index contributed by atoms with van der Waals surface area (Å²) in [6, 6.07) is 17.3. The monoisotopic (exact) mass is 350 g/mol. The number of hydrogen-bond acceptors (Lipinski definition) is 4. The van der Waals surface area contributed by atoms with Gasteiger partial charge in [-0.15, -0.1) is 5.10 Å². The summed E-state index contributed by atoms with van der Waals surface area (Å²) in [6.45, 7) is 5.73. The van der Waals surface area contributed by atoms with Crippen LogP contribution in [0.2, 0.25) is 0 Å². The minimum Gasteiger partial charge on any atom is -0.481 e. The van der Waals surface area contributed by atoms with Gasteiger partial charge in [0.15, 0.2) is 6.10 Å². The van der Waals surface area contributed by atoms with Crippen molar-refractivity contribution in [3.8, 4) is 11.4 Å². The van der Waals surface area contributed by atoms with Crippen LogP contribution in [0.4, 0.5) is 5.95 Å². The topological polar surface area (TPSA) is 69.0 Å². The summed E-state index contributed by atoms with van der Waals surface area (Å²) in [7, 11) is 0. The van der Waals surface area contributed by atoms with Gasteiger partial charge in [-0.3, -0.25) is 10.1 Å². The predicted octanol–water partition coefficient (Wildman–Crippen LogP) is 3.68. The molecular formula is C20H22N4O2. The molecule has 0 bridgehead atoms. The van der Waals surface area contributed by atoms with Gasteiger partial charge in [0.05, 0.1) is 5.69 Å². The van der Waals surface area contributed by atoms with Crippen molar-refractivity contribution in [2.45, 2.75) is 33.3 Å². The lowest BCUT2D eigenvalue weighted by Crippen LogP contribution is -2.32. The first-order chi connectivity index (χ1) is 12.6. The fraction of sp³-hybridized carbons (Fsp3) is 0.250. The molecule has 3 aromatic rings. The highest BCUT2D eigenvalue weighted by Crippen LogP contribution is 2.17. The van der Waals surface area contributed by atoms with Crippen LogP contribution in [0.3, 0.4) is 0 Å². The molecule has 134 valence electrons. The minimum absolute atomic E-state index is 0.265. The maximum absolute atomic E-state index is 12.6. The maximum Gasteiger partial charge on any atom is 0.267 e. The molecule has 1 atom stereocenters. The number of amides is 1. The van der Waals surface area contributed by atoms with Crippen LogP contribution in [0.25, 0.3) is 5.69 Å². The zero-order valence-electron chi connectivity index (χ0n) is 15.1. The second kappa shape index (κ2) is 7.82. The molecule has 26 heavy (non-hydrogen) atoms. The molecule has 1 amide bonds. The van der Waals surface area contributed by atoms with Crippen LogP contribution in [-0.2, 0) is 4.79 Å². The van der Waals surface area contributed by atoms with Crippen LogP contribution in [0.5, 0.6) is 5.75 Å². The number of carbonyl (C=O) groups is 1. The van der Waals surface area contributed by atoms with E-state index in [9.17, 15) is 4.79 Å². The molecule has 1 heterocycles. The fourth-order valence-corrected chi connectivity index (χ4v) is 2.62. The highest BCUT2D eigenvalue weighted by atomic mass is 16.5. The Morgan fingerprint density at radius 2 is 1.92 bits per heavy atom. The number of hydrogen-bond donors (Lipinski definition) is 1. The Morgan fingerprint density at radius 3 is 2.62 bits per heavy atom. The number of nitrogens with zero attached hydrogens (tertiary/aromatic N) is 3. The van der Waals surface area contributed by atoms with E-state index in [1.165, 1.54) is 0 Å². The van der Waals surface area contributed by atoms with E-state index in [1.807, 2.05) is 75.4 Å². The lowest BCUT2D eigenvalue weighted by Gasteiger charge is -2.16. The number of benzene rings is 2. The number of nitrogens with one attached hydrogen (secondary N) is 1. The molecule has 0 radical (unpaired) electrons. The van der Waals surface area contributed by atoms with E-state index < -0.39 is 6.10 Å². The number of carbonyl (C=O) groups excluding carboxylic acids is 1. The summed E-state index contributed by atoms with van der Waals surface area (Å²) in [6.07, 6.45) is -0.0706.